The Morgan fingerprint density at radius 2 is 2.14 bits per heavy atom. The molecule has 0 radical (unpaired) electrons. The van der Waals surface area contributed by atoms with E-state index in [1.54, 1.807) is 0 Å². The number of nitrogens with zero attached hydrogens (tertiary/aromatic N) is 2. The van der Waals surface area contributed by atoms with E-state index in [9.17, 15) is 18.5 Å². The largest absolute Gasteiger partial charge is 0.330 e. The predicted octanol–water partition coefficient (Wildman–Crippen LogP) is 2.03. The Bertz CT molecular complexity index is 683. The molecule has 2 N–H and O–H groups in total. The number of nitrogens with two attached hydrogens (primary N) is 1. The van der Waals surface area contributed by atoms with Gasteiger partial charge in [-0.15, -0.1) is 12.4 Å². The topological polar surface area (TPSA) is 107 Å². The average molecular weight is 370 g/mol. The summed E-state index contributed by atoms with van der Waals surface area (Å²) in [5, 5.41) is 10.9. The molecule has 0 amide bonds. The molecule has 7 nitrogen and oxygen atoms in total. The zero-order chi connectivity index (χ0) is 15.8. The van der Waals surface area contributed by atoms with Crippen molar-refractivity contribution in [2.45, 2.75) is 18.2 Å². The smallest absolute Gasteiger partial charge is 0.290 e. The molecule has 1 aromatic carbocycles. The van der Waals surface area contributed by atoms with Crippen LogP contribution in [0.3, 0.4) is 0 Å². The minimum absolute atomic E-state index is 0. The molecule has 1 unspecified atom stereocenters. The molecule has 0 aromatic heterocycles. The molecule has 1 aliphatic rings. The molecular formula is C12H17Cl2N3O4S. The second-order valence-corrected chi connectivity index (χ2v) is 7.73. The van der Waals surface area contributed by atoms with Crippen molar-refractivity contribution in [2.24, 2.45) is 11.1 Å². The first-order valence-corrected chi connectivity index (χ1v) is 8.16. The summed E-state index contributed by atoms with van der Waals surface area (Å²) in [6, 6.07) is 3.82. The van der Waals surface area contributed by atoms with Gasteiger partial charge in [-0.3, -0.25) is 10.1 Å². The van der Waals surface area contributed by atoms with E-state index in [0.717, 1.165) is 6.07 Å². The van der Waals surface area contributed by atoms with Gasteiger partial charge in [-0.2, -0.15) is 4.31 Å². The fourth-order valence-electron chi connectivity index (χ4n) is 2.38. The molecule has 1 aliphatic heterocycles. The van der Waals surface area contributed by atoms with Gasteiger partial charge in [-0.05, 0) is 24.4 Å². The fraction of sp³-hybridized carbons (Fsp3) is 0.500. The minimum Gasteiger partial charge on any atom is -0.330 e. The van der Waals surface area contributed by atoms with Crippen LogP contribution in [0.4, 0.5) is 5.69 Å². The number of rotatable bonds is 4. The molecule has 22 heavy (non-hydrogen) atoms. The van der Waals surface area contributed by atoms with Crippen LogP contribution in [0.25, 0.3) is 0 Å². The van der Waals surface area contributed by atoms with Crippen molar-refractivity contribution in [3.63, 3.8) is 0 Å². The van der Waals surface area contributed by atoms with Crippen molar-refractivity contribution >= 4 is 39.7 Å². The minimum atomic E-state index is -4.02. The van der Waals surface area contributed by atoms with E-state index >= 15 is 0 Å². The lowest BCUT2D eigenvalue weighted by molar-refractivity contribution is -0.387. The predicted molar refractivity (Wildman–Crippen MR) is 85.9 cm³/mol. The second-order valence-electron chi connectivity index (χ2n) is 5.45. The third-order valence-corrected chi connectivity index (χ3v) is 6.12. The zero-order valence-electron chi connectivity index (χ0n) is 11.9. The Hall–Kier alpha value is -0.930. The summed E-state index contributed by atoms with van der Waals surface area (Å²) in [7, 11) is -4.02. The van der Waals surface area contributed by atoms with Crippen molar-refractivity contribution in [2.75, 3.05) is 19.6 Å². The van der Waals surface area contributed by atoms with Crippen LogP contribution in [0.5, 0.6) is 0 Å². The number of nitro groups is 1. The summed E-state index contributed by atoms with van der Waals surface area (Å²) in [5.41, 5.74) is 4.84. The Labute approximate surface area is 140 Å². The van der Waals surface area contributed by atoms with Gasteiger partial charge in [0.15, 0.2) is 4.90 Å². The van der Waals surface area contributed by atoms with E-state index in [1.165, 1.54) is 16.4 Å². The fourth-order valence-corrected chi connectivity index (χ4v) is 4.63. The number of benzene rings is 1. The van der Waals surface area contributed by atoms with E-state index < -0.39 is 25.5 Å². The Kier molecular flexibility index (Phi) is 5.80. The van der Waals surface area contributed by atoms with E-state index in [2.05, 4.69) is 0 Å². The van der Waals surface area contributed by atoms with Gasteiger partial charge in [0.2, 0.25) is 0 Å². The van der Waals surface area contributed by atoms with E-state index in [1.807, 2.05) is 6.92 Å². The lowest BCUT2D eigenvalue weighted by Crippen LogP contribution is -2.34. The summed E-state index contributed by atoms with van der Waals surface area (Å²) >= 11 is 5.91. The highest BCUT2D eigenvalue weighted by molar-refractivity contribution is 7.89. The van der Waals surface area contributed by atoms with Crippen molar-refractivity contribution in [1.82, 2.24) is 4.31 Å². The summed E-state index contributed by atoms with van der Waals surface area (Å²) in [6.45, 7) is 2.75. The van der Waals surface area contributed by atoms with Crippen LogP contribution >= 0.6 is 24.0 Å². The lowest BCUT2D eigenvalue weighted by Gasteiger charge is -2.22. The highest BCUT2D eigenvalue weighted by Crippen LogP contribution is 2.37. The molecule has 0 aliphatic carbocycles. The zero-order valence-corrected chi connectivity index (χ0v) is 14.2. The highest BCUT2D eigenvalue weighted by atomic mass is 35.5. The monoisotopic (exact) mass is 369 g/mol. The summed E-state index contributed by atoms with van der Waals surface area (Å²) in [6.07, 6.45) is 0.612. The maximum absolute atomic E-state index is 12.7. The van der Waals surface area contributed by atoms with Gasteiger partial charge in [0.1, 0.15) is 0 Å². The lowest BCUT2D eigenvalue weighted by atomic mass is 9.90. The van der Waals surface area contributed by atoms with Crippen molar-refractivity contribution in [3.8, 4) is 0 Å². The van der Waals surface area contributed by atoms with Crippen molar-refractivity contribution < 1.29 is 13.3 Å². The number of hydrogen-bond acceptors (Lipinski definition) is 5. The van der Waals surface area contributed by atoms with Gasteiger partial charge in [-0.1, -0.05) is 24.6 Å². The van der Waals surface area contributed by atoms with Crippen LogP contribution in [0.15, 0.2) is 23.1 Å². The molecule has 1 atom stereocenters. The van der Waals surface area contributed by atoms with Crippen LogP contribution in [-0.2, 0) is 10.0 Å². The third kappa shape index (κ3) is 3.36. The maximum atomic E-state index is 12.7. The first kappa shape index (κ1) is 19.1. The van der Waals surface area contributed by atoms with E-state index in [4.69, 9.17) is 17.3 Å². The van der Waals surface area contributed by atoms with E-state index in [-0.39, 0.29) is 35.9 Å². The van der Waals surface area contributed by atoms with Gasteiger partial charge in [0.05, 0.1) is 9.95 Å². The molecule has 1 aromatic rings. The molecule has 1 saturated heterocycles. The molecule has 0 bridgehead atoms. The third-order valence-electron chi connectivity index (χ3n) is 3.76. The molecule has 0 spiro atoms. The number of sulfonamides is 1. The maximum Gasteiger partial charge on any atom is 0.290 e. The van der Waals surface area contributed by atoms with Crippen molar-refractivity contribution in [3.05, 3.63) is 33.3 Å². The highest BCUT2D eigenvalue weighted by Gasteiger charge is 2.42. The van der Waals surface area contributed by atoms with Crippen LogP contribution in [0.1, 0.15) is 13.3 Å². The standard InChI is InChI=1S/C12H16ClN3O4S.ClH/c1-12(7-14)5-6-15(8-12)21(19,20)11-9(13)3-2-4-10(11)16(17)18;/h2-4H,5-8,14H2,1H3;1H. The quantitative estimate of drug-likeness (QED) is 0.645. The molecule has 10 heteroatoms. The first-order valence-electron chi connectivity index (χ1n) is 6.34. The Balaban J connectivity index is 0.00000242. The molecule has 1 heterocycles. The van der Waals surface area contributed by atoms with Crippen LogP contribution < -0.4 is 5.73 Å². The van der Waals surface area contributed by atoms with Gasteiger partial charge >= 0.3 is 0 Å². The summed E-state index contributed by atoms with van der Waals surface area (Å²) in [4.78, 5) is 9.88. The molecule has 0 saturated carbocycles. The SMILES string of the molecule is CC1(CN)CCN(S(=O)(=O)c2c(Cl)cccc2[N+](=O)[O-])C1.Cl. The van der Waals surface area contributed by atoms with Gasteiger partial charge in [0.25, 0.3) is 15.7 Å². The summed E-state index contributed by atoms with van der Waals surface area (Å²) < 4.78 is 26.6. The Morgan fingerprint density at radius 1 is 1.50 bits per heavy atom. The second kappa shape index (κ2) is 6.67. The molecule has 124 valence electrons. The first-order chi connectivity index (χ1) is 9.71. The molecule has 1 fully saturated rings. The normalized spacial score (nSPS) is 22.3. The van der Waals surface area contributed by atoms with Gasteiger partial charge in [0, 0.05) is 19.2 Å². The van der Waals surface area contributed by atoms with Gasteiger partial charge in [-0.25, -0.2) is 8.42 Å². The number of halogens is 2. The summed E-state index contributed by atoms with van der Waals surface area (Å²) in [5.74, 6) is 0. The average Bonchev–Trinajstić information content (AvgIpc) is 2.82. The van der Waals surface area contributed by atoms with Crippen LogP contribution in [-0.4, -0.2) is 37.3 Å². The number of hydrogen-bond donors (Lipinski definition) is 1. The van der Waals surface area contributed by atoms with Crippen LogP contribution in [0, 0.1) is 15.5 Å². The van der Waals surface area contributed by atoms with E-state index in [0.29, 0.717) is 13.0 Å². The number of nitro benzene ring substituents is 1. The van der Waals surface area contributed by atoms with Gasteiger partial charge < -0.3 is 5.73 Å². The molecular weight excluding hydrogens is 353 g/mol. The molecule has 2 rings (SSSR count). The Morgan fingerprint density at radius 3 is 2.64 bits per heavy atom. The van der Waals surface area contributed by atoms with Crippen LogP contribution in [0.2, 0.25) is 5.02 Å². The van der Waals surface area contributed by atoms with Crippen molar-refractivity contribution in [1.29, 1.82) is 0 Å².